The molecule has 0 aliphatic carbocycles. The third-order valence-corrected chi connectivity index (χ3v) is 3.40. The molecule has 1 aromatic carbocycles. The van der Waals surface area contributed by atoms with Crippen molar-refractivity contribution < 1.29 is 9.90 Å². The number of aromatic carboxylic acids is 1. The van der Waals surface area contributed by atoms with Crippen molar-refractivity contribution in [3.8, 4) is 0 Å². The minimum absolute atomic E-state index is 0.180. The molecule has 5 heteroatoms. The number of fused-ring (bicyclic) bond motifs is 3. The molecule has 0 atom stereocenters. The van der Waals surface area contributed by atoms with Gasteiger partial charge in [-0.3, -0.25) is 4.98 Å². The van der Waals surface area contributed by atoms with Gasteiger partial charge < -0.3 is 10.1 Å². The number of halogens is 1. The van der Waals surface area contributed by atoms with Crippen LogP contribution in [0.4, 0.5) is 0 Å². The summed E-state index contributed by atoms with van der Waals surface area (Å²) in [5.41, 5.74) is 2.32. The zero-order valence-electron chi connectivity index (χ0n) is 9.49. The maximum atomic E-state index is 11.1. The van der Waals surface area contributed by atoms with Crippen LogP contribution in [0.25, 0.3) is 21.8 Å². The van der Waals surface area contributed by atoms with Crippen LogP contribution in [0.5, 0.6) is 0 Å². The average molecular weight is 261 g/mol. The van der Waals surface area contributed by atoms with Crippen molar-refractivity contribution in [1.29, 1.82) is 0 Å². The Bertz CT molecular complexity index is 792. The number of carboxylic acid groups (broad SMARTS) is 1. The Morgan fingerprint density at radius 3 is 2.94 bits per heavy atom. The van der Waals surface area contributed by atoms with E-state index in [9.17, 15) is 4.79 Å². The molecule has 0 unspecified atom stereocenters. The van der Waals surface area contributed by atoms with Gasteiger partial charge in [0.2, 0.25) is 0 Å². The normalized spacial score (nSPS) is 11.2. The smallest absolute Gasteiger partial charge is 0.352 e. The second-order valence-corrected chi connectivity index (χ2v) is 4.52. The van der Waals surface area contributed by atoms with E-state index in [-0.39, 0.29) is 5.69 Å². The van der Waals surface area contributed by atoms with Gasteiger partial charge >= 0.3 is 5.97 Å². The highest BCUT2D eigenvalue weighted by molar-refractivity contribution is 6.37. The first-order valence-corrected chi connectivity index (χ1v) is 5.76. The molecule has 0 spiro atoms. The fraction of sp³-hybridized carbons (Fsp3) is 0.0769. The Morgan fingerprint density at radius 2 is 2.22 bits per heavy atom. The number of aromatic amines is 1. The summed E-state index contributed by atoms with van der Waals surface area (Å²) in [6, 6.07) is 5.43. The number of H-pyrrole nitrogens is 1. The largest absolute Gasteiger partial charge is 0.477 e. The van der Waals surface area contributed by atoms with Crippen molar-refractivity contribution in [2.24, 2.45) is 0 Å². The second kappa shape index (κ2) is 3.71. The molecule has 90 valence electrons. The van der Waals surface area contributed by atoms with Gasteiger partial charge in [-0.2, -0.15) is 0 Å². The number of rotatable bonds is 1. The van der Waals surface area contributed by atoms with E-state index in [4.69, 9.17) is 16.7 Å². The van der Waals surface area contributed by atoms with Gasteiger partial charge in [-0.25, -0.2) is 4.79 Å². The first kappa shape index (κ1) is 11.0. The van der Waals surface area contributed by atoms with Gasteiger partial charge in [0.25, 0.3) is 0 Å². The summed E-state index contributed by atoms with van der Waals surface area (Å²) in [6.07, 6.45) is 1.67. The van der Waals surface area contributed by atoms with Crippen LogP contribution < -0.4 is 0 Å². The maximum absolute atomic E-state index is 11.1. The zero-order chi connectivity index (χ0) is 12.9. The number of pyridine rings is 1. The highest BCUT2D eigenvalue weighted by Gasteiger charge is 2.16. The molecule has 0 saturated carbocycles. The highest BCUT2D eigenvalue weighted by atomic mass is 35.5. The van der Waals surface area contributed by atoms with Crippen LogP contribution in [0.15, 0.2) is 24.4 Å². The van der Waals surface area contributed by atoms with Gasteiger partial charge in [-0.15, -0.1) is 0 Å². The van der Waals surface area contributed by atoms with Crippen molar-refractivity contribution in [2.75, 3.05) is 0 Å². The molecule has 0 bridgehead atoms. The third-order valence-electron chi connectivity index (χ3n) is 3.09. The minimum atomic E-state index is -0.982. The molecule has 3 rings (SSSR count). The van der Waals surface area contributed by atoms with Gasteiger partial charge in [0, 0.05) is 17.0 Å². The topological polar surface area (TPSA) is 66.0 Å². The lowest BCUT2D eigenvalue weighted by Crippen LogP contribution is -1.98. The van der Waals surface area contributed by atoms with Crippen molar-refractivity contribution in [1.82, 2.24) is 9.97 Å². The summed E-state index contributed by atoms with van der Waals surface area (Å²) in [5.74, 6) is -0.982. The van der Waals surface area contributed by atoms with Crippen molar-refractivity contribution in [3.05, 3.63) is 40.7 Å². The number of hydrogen-bond donors (Lipinski definition) is 2. The van der Waals surface area contributed by atoms with Crippen LogP contribution in [-0.2, 0) is 0 Å². The fourth-order valence-corrected chi connectivity index (χ4v) is 2.45. The lowest BCUT2D eigenvalue weighted by atomic mass is 10.1. The Balaban J connectivity index is 2.55. The van der Waals surface area contributed by atoms with E-state index in [0.29, 0.717) is 10.6 Å². The van der Waals surface area contributed by atoms with E-state index < -0.39 is 5.97 Å². The monoisotopic (exact) mass is 260 g/mol. The lowest BCUT2D eigenvalue weighted by molar-refractivity contribution is 0.0691. The summed E-state index contributed by atoms with van der Waals surface area (Å²) < 4.78 is 0. The summed E-state index contributed by atoms with van der Waals surface area (Å²) in [5, 5.41) is 11.2. The molecule has 0 fully saturated rings. The molecule has 0 saturated heterocycles. The molecule has 2 N–H and O–H groups in total. The molecular formula is C13H9ClN2O2. The Hall–Kier alpha value is -2.07. The molecule has 0 aliphatic heterocycles. The first-order valence-electron chi connectivity index (χ1n) is 5.38. The molecule has 2 heterocycles. The summed E-state index contributed by atoms with van der Waals surface area (Å²) in [7, 11) is 0. The van der Waals surface area contributed by atoms with E-state index in [0.717, 1.165) is 21.8 Å². The number of nitrogens with zero attached hydrogens (tertiary/aromatic N) is 1. The lowest BCUT2D eigenvalue weighted by Gasteiger charge is -2.01. The van der Waals surface area contributed by atoms with Gasteiger partial charge in [0.05, 0.1) is 16.1 Å². The van der Waals surface area contributed by atoms with Crippen LogP contribution in [0, 0.1) is 6.92 Å². The number of carboxylic acids is 1. The van der Waals surface area contributed by atoms with Gasteiger partial charge in [0.15, 0.2) is 0 Å². The molecule has 0 amide bonds. The van der Waals surface area contributed by atoms with E-state index >= 15 is 0 Å². The van der Waals surface area contributed by atoms with Crippen LogP contribution in [-0.4, -0.2) is 21.0 Å². The van der Waals surface area contributed by atoms with Crippen molar-refractivity contribution >= 4 is 39.4 Å². The fourth-order valence-electron chi connectivity index (χ4n) is 2.18. The predicted molar refractivity (Wildman–Crippen MR) is 70.3 cm³/mol. The second-order valence-electron chi connectivity index (χ2n) is 4.11. The van der Waals surface area contributed by atoms with Gasteiger partial charge in [-0.1, -0.05) is 17.7 Å². The standard InChI is InChI=1S/C13H9ClN2O2/c1-6-7-5-15-9-4-2-3-8(14)10(9)12(7)16-11(6)13(17)18/h2-5,16H,1H3,(H,17,18). The number of carbonyl (C=O) groups is 1. The highest BCUT2D eigenvalue weighted by Crippen LogP contribution is 2.31. The number of aromatic nitrogens is 2. The number of hydrogen-bond acceptors (Lipinski definition) is 2. The van der Waals surface area contributed by atoms with E-state index in [1.165, 1.54) is 0 Å². The van der Waals surface area contributed by atoms with Crippen LogP contribution in [0.3, 0.4) is 0 Å². The predicted octanol–water partition coefficient (Wildman–Crippen LogP) is 3.38. The number of nitrogens with one attached hydrogen (secondary N) is 1. The molecule has 0 aliphatic rings. The van der Waals surface area contributed by atoms with Gasteiger partial charge in [-0.05, 0) is 24.6 Å². The van der Waals surface area contributed by atoms with E-state index in [1.807, 2.05) is 12.1 Å². The Morgan fingerprint density at radius 1 is 1.44 bits per heavy atom. The molecule has 3 aromatic rings. The molecule has 4 nitrogen and oxygen atoms in total. The maximum Gasteiger partial charge on any atom is 0.352 e. The average Bonchev–Trinajstić information content (AvgIpc) is 2.67. The van der Waals surface area contributed by atoms with Gasteiger partial charge in [0.1, 0.15) is 5.69 Å². The van der Waals surface area contributed by atoms with Crippen molar-refractivity contribution in [2.45, 2.75) is 6.92 Å². The molecule has 18 heavy (non-hydrogen) atoms. The van der Waals surface area contributed by atoms with Crippen LogP contribution in [0.2, 0.25) is 5.02 Å². The summed E-state index contributed by atoms with van der Waals surface area (Å²) in [6.45, 7) is 1.76. The van der Waals surface area contributed by atoms with Crippen LogP contribution in [0.1, 0.15) is 16.1 Å². The van der Waals surface area contributed by atoms with E-state index in [1.54, 1.807) is 19.2 Å². The van der Waals surface area contributed by atoms with E-state index in [2.05, 4.69) is 9.97 Å². The Labute approximate surface area is 107 Å². The zero-order valence-corrected chi connectivity index (χ0v) is 10.2. The summed E-state index contributed by atoms with van der Waals surface area (Å²) >= 11 is 6.17. The van der Waals surface area contributed by atoms with Crippen molar-refractivity contribution in [3.63, 3.8) is 0 Å². The third kappa shape index (κ3) is 1.39. The molecular weight excluding hydrogens is 252 g/mol. The molecule has 0 radical (unpaired) electrons. The molecule has 2 aromatic heterocycles. The van der Waals surface area contributed by atoms with Crippen LogP contribution >= 0.6 is 11.6 Å². The quantitative estimate of drug-likeness (QED) is 0.705. The summed E-state index contributed by atoms with van der Waals surface area (Å²) in [4.78, 5) is 18.4. The SMILES string of the molecule is Cc1c(C(=O)O)[nH]c2c1cnc1cccc(Cl)c12. The Kier molecular flexibility index (Phi) is 2.28. The minimum Gasteiger partial charge on any atom is -0.477 e. The first-order chi connectivity index (χ1) is 8.59. The number of benzene rings is 1. The number of aryl methyl sites for hydroxylation is 1.